The first-order chi connectivity index (χ1) is 19.0. The number of ether oxygens (including phenoxy) is 1. The minimum absolute atomic E-state index is 0.444. The summed E-state index contributed by atoms with van der Waals surface area (Å²) in [4.78, 5) is 20.0. The molecule has 3 N–H and O–H groups in total. The van der Waals surface area contributed by atoms with Crippen LogP contribution in [0.4, 0.5) is 0 Å². The van der Waals surface area contributed by atoms with Gasteiger partial charge in [0.05, 0.1) is 6.42 Å². The van der Waals surface area contributed by atoms with Gasteiger partial charge in [-0.1, -0.05) is 64.7 Å². The summed E-state index contributed by atoms with van der Waals surface area (Å²) in [5.74, 6) is -2.37. The Kier molecular flexibility index (Phi) is 24.7. The fourth-order valence-corrected chi connectivity index (χ4v) is 5.43. The van der Waals surface area contributed by atoms with Gasteiger partial charge in [-0.2, -0.15) is 8.42 Å². The van der Waals surface area contributed by atoms with Gasteiger partial charge in [-0.25, -0.2) is 0 Å². The van der Waals surface area contributed by atoms with Crippen molar-refractivity contribution >= 4 is 71.0 Å². The van der Waals surface area contributed by atoms with E-state index >= 15 is 0 Å². The number of rotatable bonds is 23. The monoisotopic (exact) mass is 610 g/mol. The summed E-state index contributed by atoms with van der Waals surface area (Å²) in [6.07, 6.45) is 22.9. The second-order valence-corrected chi connectivity index (χ2v) is 14.9. The van der Waals surface area contributed by atoms with Crippen LogP contribution >= 0.6 is 0 Å². The van der Waals surface area contributed by atoms with Crippen LogP contribution in [-0.2, 0) is 26.1 Å². The zero-order valence-electron chi connectivity index (χ0n) is 25.0. The number of hydrogen-bond acceptors (Lipinski definition) is 5. The number of para-hydroxylation sites is 1. The standard InChI is InChI=1S/C26H45O.C4H6O7S.K/c1-3-5-6-7-8-9-10-11-12-13-14-15-16-17-18-19-22-25-23-20-21-24-26(25)27-4-2;5-3(6)1-2(4(7)8)12(9,10)11;/h4,20-21,23-24H,3,5-19,22H2,1-2H3;2H,1H2,(H,5,6)(H,7,8)(H,9,10,11);. The summed E-state index contributed by atoms with van der Waals surface area (Å²) in [5.41, 5.74) is 1.41. The average Bonchev–Trinajstić information content (AvgIpc) is 2.87. The third kappa shape index (κ3) is 23.1. The quantitative estimate of drug-likeness (QED) is 0.0672. The van der Waals surface area contributed by atoms with E-state index in [9.17, 15) is 18.0 Å². The number of hydrogen-bond donors (Lipinski definition) is 3. The third-order valence-corrected chi connectivity index (χ3v) is 8.09. The first kappa shape index (κ1) is 39.5. The van der Waals surface area contributed by atoms with E-state index in [4.69, 9.17) is 19.5 Å². The third-order valence-electron chi connectivity index (χ3n) is 6.63. The summed E-state index contributed by atoms with van der Waals surface area (Å²) in [7, 11) is -4.84. The van der Waals surface area contributed by atoms with Crippen molar-refractivity contribution < 1.29 is 37.5 Å². The Bertz CT molecular complexity index is 905. The molecule has 0 heterocycles. The fraction of sp³-hybridized carbons (Fsp3) is 0.733. The molecule has 0 saturated carbocycles. The Labute approximate surface area is 276 Å². The number of aliphatic carboxylic acids is 2. The molecule has 0 amide bonds. The maximum absolute atomic E-state index is 10.2. The number of benzene rings is 1. The van der Waals surface area contributed by atoms with Crippen molar-refractivity contribution in [3.63, 3.8) is 0 Å². The number of carboxylic acids is 2. The van der Waals surface area contributed by atoms with E-state index in [0.29, 0.717) is 0.199 Å². The molecular weight excluding hydrogens is 559 g/mol. The molecule has 1 rings (SSSR count). The predicted octanol–water partition coefficient (Wildman–Crippen LogP) is 7.19. The summed E-state index contributed by atoms with van der Waals surface area (Å²) in [6.45, 7) is 4.48. The Morgan fingerprint density at radius 1 is 0.800 bits per heavy atom. The maximum atomic E-state index is 10.2. The van der Waals surface area contributed by atoms with Crippen molar-refractivity contribution in [2.45, 2.75) is 135 Å². The van der Waals surface area contributed by atoms with E-state index in [0.717, 1.165) is 54.7 Å². The molecule has 0 aromatic heterocycles. The topological polar surface area (TPSA) is 138 Å². The summed E-state index contributed by atoms with van der Waals surface area (Å²) in [6, 6.07) is 8.64. The molecule has 0 spiro atoms. The Morgan fingerprint density at radius 3 is 1.57 bits per heavy atom. The molecule has 0 bridgehead atoms. The van der Waals surface area contributed by atoms with Crippen molar-refractivity contribution in [1.82, 2.24) is 0 Å². The van der Waals surface area contributed by atoms with Gasteiger partial charge in [-0.15, -0.1) is 0 Å². The summed E-state index contributed by atoms with van der Waals surface area (Å²) in [5, 5.41) is 13.9. The summed E-state index contributed by atoms with van der Waals surface area (Å²) >= 11 is 0.731. The van der Waals surface area contributed by atoms with E-state index in [1.54, 1.807) is 0 Å². The maximum Gasteiger partial charge on any atom is 0.325 e. The van der Waals surface area contributed by atoms with E-state index < -0.39 is 33.7 Å². The molecule has 0 aliphatic rings. The molecule has 10 heteroatoms. The van der Waals surface area contributed by atoms with Crippen molar-refractivity contribution in [3.8, 4) is 5.75 Å². The molecule has 1 aromatic rings. The number of carboxylic acid groups (broad SMARTS) is 2. The van der Waals surface area contributed by atoms with Gasteiger partial charge in [0.1, 0.15) is 0 Å². The van der Waals surface area contributed by atoms with Crippen LogP contribution in [0.5, 0.6) is 5.75 Å². The van der Waals surface area contributed by atoms with Gasteiger partial charge in [-0.3, -0.25) is 14.1 Å². The minimum Gasteiger partial charge on any atom is -0.481 e. The average molecular weight is 611 g/mol. The summed E-state index contributed by atoms with van der Waals surface area (Å²) < 4.78 is 35.1. The first-order valence-electron chi connectivity index (χ1n) is 15.1. The number of aryl methyl sites for hydroxylation is 1. The van der Waals surface area contributed by atoms with Gasteiger partial charge in [-0.05, 0) is 0 Å². The minimum atomic E-state index is -4.84. The van der Waals surface area contributed by atoms with Crippen LogP contribution in [0, 0.1) is 0 Å². The Morgan fingerprint density at radius 2 is 1.23 bits per heavy atom. The van der Waals surface area contributed by atoms with E-state index in [1.165, 1.54) is 115 Å². The molecular formula is C30H51KO8S. The van der Waals surface area contributed by atoms with Crippen LogP contribution in [0.1, 0.15) is 129 Å². The van der Waals surface area contributed by atoms with Crippen molar-refractivity contribution in [3.05, 3.63) is 29.8 Å². The zero-order chi connectivity index (χ0) is 30.2. The van der Waals surface area contributed by atoms with Crippen LogP contribution in [0.2, 0.25) is 0 Å². The largest absolute Gasteiger partial charge is 0.481 e. The smallest absolute Gasteiger partial charge is 0.325 e. The Hall–Kier alpha value is -0.494. The fourth-order valence-electron chi connectivity index (χ4n) is 4.42. The van der Waals surface area contributed by atoms with E-state index in [1.807, 2.05) is 0 Å². The molecule has 2 unspecified atom stereocenters. The van der Waals surface area contributed by atoms with Crippen LogP contribution < -0.4 is 4.74 Å². The van der Waals surface area contributed by atoms with Crippen LogP contribution in [0.3, 0.4) is 0 Å². The van der Waals surface area contributed by atoms with E-state index in [-0.39, 0.29) is 0 Å². The van der Waals surface area contributed by atoms with Crippen molar-refractivity contribution in [2.75, 3.05) is 0 Å². The molecule has 226 valence electrons. The van der Waals surface area contributed by atoms with Gasteiger partial charge in [0.2, 0.25) is 0 Å². The predicted molar refractivity (Wildman–Crippen MR) is 161 cm³/mol. The van der Waals surface area contributed by atoms with Crippen LogP contribution in [0.15, 0.2) is 24.3 Å². The second kappa shape index (κ2) is 25.0. The van der Waals surface area contributed by atoms with Gasteiger partial charge >= 0.3 is 160 Å². The molecule has 0 saturated heterocycles. The van der Waals surface area contributed by atoms with Gasteiger partial charge in [0.25, 0.3) is 10.1 Å². The molecule has 0 aliphatic heterocycles. The molecule has 2 atom stereocenters. The SMILES string of the molecule is CCCCCCCCCCCCCCCCCCc1ccccc1O[CH](C)[K].O=C(O)CC(C(=O)O)S(=O)(=O)O. The Balaban J connectivity index is 0.00000106. The van der Waals surface area contributed by atoms with Gasteiger partial charge in [0, 0.05) is 0 Å². The number of unbranched alkanes of at least 4 members (excludes halogenated alkanes) is 15. The molecule has 40 heavy (non-hydrogen) atoms. The van der Waals surface area contributed by atoms with E-state index in [2.05, 4.69) is 38.1 Å². The second-order valence-electron chi connectivity index (χ2n) is 10.8. The van der Waals surface area contributed by atoms with Crippen molar-refractivity contribution in [1.29, 1.82) is 0 Å². The van der Waals surface area contributed by atoms with Gasteiger partial charge in [0.15, 0.2) is 5.25 Å². The number of carbonyl (C=O) groups is 2. The van der Waals surface area contributed by atoms with Crippen molar-refractivity contribution in [2.24, 2.45) is 0 Å². The molecule has 0 radical (unpaired) electrons. The molecule has 0 aliphatic carbocycles. The van der Waals surface area contributed by atoms with Gasteiger partial charge < -0.3 is 10.2 Å². The molecule has 8 nitrogen and oxygen atoms in total. The van der Waals surface area contributed by atoms with Crippen LogP contribution in [-0.4, -0.2) is 89.5 Å². The normalized spacial score (nSPS) is 12.7. The molecule has 1 aromatic carbocycles. The van der Waals surface area contributed by atoms with Crippen LogP contribution in [0.25, 0.3) is 0 Å². The zero-order valence-corrected chi connectivity index (χ0v) is 28.9. The first-order valence-corrected chi connectivity index (χ1v) is 18.4. The molecule has 0 fully saturated rings.